The van der Waals surface area contributed by atoms with Gasteiger partial charge in [-0.3, -0.25) is 14.7 Å². The molecule has 0 aliphatic carbocycles. The molecule has 4 rings (SSSR count). The lowest BCUT2D eigenvalue weighted by Gasteiger charge is -2.19. The predicted octanol–water partition coefficient (Wildman–Crippen LogP) is 4.32. The van der Waals surface area contributed by atoms with E-state index in [4.69, 9.17) is 0 Å². The zero-order valence-electron chi connectivity index (χ0n) is 17.1. The highest BCUT2D eigenvalue weighted by Gasteiger charge is 2.27. The van der Waals surface area contributed by atoms with Crippen LogP contribution in [0.4, 0.5) is 5.13 Å². The number of sulfone groups is 1. The minimum Gasteiger partial charge on any atom is -0.281 e. The first-order valence-corrected chi connectivity index (χ1v) is 12.2. The molecule has 0 bridgehead atoms. The monoisotopic (exact) mass is 451 g/mol. The summed E-state index contributed by atoms with van der Waals surface area (Å²) < 4.78 is 26.7. The number of nitrogens with zero attached hydrogens (tertiary/aromatic N) is 3. The molecule has 0 aliphatic rings. The molecule has 4 aromatic rings. The summed E-state index contributed by atoms with van der Waals surface area (Å²) in [6.45, 7) is 4.01. The molecule has 0 atom stereocenters. The maximum absolute atomic E-state index is 13.2. The molecular formula is C23H21N3O3S2. The molecule has 2 aromatic heterocycles. The molecule has 0 radical (unpaired) electrons. The fraction of sp³-hybridized carbons (Fsp3) is 0.174. The molecule has 0 N–H and O–H groups in total. The van der Waals surface area contributed by atoms with E-state index in [1.807, 2.05) is 38.1 Å². The van der Waals surface area contributed by atoms with Crippen LogP contribution in [0.5, 0.6) is 0 Å². The van der Waals surface area contributed by atoms with Gasteiger partial charge in [-0.1, -0.05) is 41.2 Å². The Morgan fingerprint density at radius 3 is 2.45 bits per heavy atom. The number of carbonyl (C=O) groups excluding carboxylic acids is 1. The number of aromatic nitrogens is 2. The minimum atomic E-state index is -3.79. The number of rotatable bonds is 6. The highest BCUT2D eigenvalue weighted by molar-refractivity contribution is 7.92. The summed E-state index contributed by atoms with van der Waals surface area (Å²) in [7, 11) is -3.79. The Morgan fingerprint density at radius 1 is 1.00 bits per heavy atom. The lowest BCUT2D eigenvalue weighted by molar-refractivity contribution is -0.116. The molecule has 31 heavy (non-hydrogen) atoms. The van der Waals surface area contributed by atoms with Crippen LogP contribution in [0.2, 0.25) is 0 Å². The van der Waals surface area contributed by atoms with Gasteiger partial charge in [0.1, 0.15) is 5.75 Å². The molecule has 2 aromatic carbocycles. The largest absolute Gasteiger partial charge is 0.281 e. The van der Waals surface area contributed by atoms with Gasteiger partial charge in [-0.05, 0) is 55.8 Å². The van der Waals surface area contributed by atoms with Crippen LogP contribution in [0, 0.1) is 13.8 Å². The number of thiazole rings is 1. The molecule has 0 saturated heterocycles. The van der Waals surface area contributed by atoms with Crippen molar-refractivity contribution in [3.63, 3.8) is 0 Å². The van der Waals surface area contributed by atoms with Gasteiger partial charge in [0, 0.05) is 6.20 Å². The van der Waals surface area contributed by atoms with Crippen molar-refractivity contribution in [3.05, 3.63) is 83.7 Å². The molecule has 158 valence electrons. The summed E-state index contributed by atoms with van der Waals surface area (Å²) in [6.07, 6.45) is 1.64. The van der Waals surface area contributed by atoms with Gasteiger partial charge in [0.25, 0.3) is 0 Å². The summed E-state index contributed by atoms with van der Waals surface area (Å²) in [5, 5.41) is 0.454. The lowest BCUT2D eigenvalue weighted by atomic mass is 10.2. The Hall–Kier alpha value is -3.10. The molecule has 0 fully saturated rings. The van der Waals surface area contributed by atoms with Gasteiger partial charge >= 0.3 is 0 Å². The molecule has 8 heteroatoms. The SMILES string of the molecule is Cc1ccc(S(=O)(=O)CC(=O)N(Cc2ccccn2)c2nc3ccc(C)cc3s2)cc1. The van der Waals surface area contributed by atoms with E-state index in [0.29, 0.717) is 10.8 Å². The zero-order chi connectivity index (χ0) is 22.0. The maximum atomic E-state index is 13.2. The standard InChI is InChI=1S/C23H21N3O3S2/c1-16-6-9-19(10-7-16)31(28,29)15-22(27)26(14-18-5-3-4-12-24-18)23-25-20-11-8-17(2)13-21(20)30-23/h3-13H,14-15H2,1-2H3. The number of aryl methyl sites for hydroxylation is 2. The highest BCUT2D eigenvalue weighted by Crippen LogP contribution is 2.31. The minimum absolute atomic E-state index is 0.129. The van der Waals surface area contributed by atoms with Crippen molar-refractivity contribution in [1.29, 1.82) is 0 Å². The van der Waals surface area contributed by atoms with Crippen LogP contribution < -0.4 is 4.90 Å². The number of pyridine rings is 1. The van der Waals surface area contributed by atoms with Crippen LogP contribution in [0.25, 0.3) is 10.2 Å². The van der Waals surface area contributed by atoms with Crippen LogP contribution in [-0.2, 0) is 21.2 Å². The molecule has 0 saturated carbocycles. The number of amides is 1. The number of hydrogen-bond acceptors (Lipinski definition) is 6. The third-order valence-electron chi connectivity index (χ3n) is 4.80. The van der Waals surface area contributed by atoms with Crippen LogP contribution >= 0.6 is 11.3 Å². The van der Waals surface area contributed by atoms with Crippen molar-refractivity contribution >= 4 is 42.4 Å². The van der Waals surface area contributed by atoms with E-state index < -0.39 is 21.5 Å². The average molecular weight is 452 g/mol. The maximum Gasteiger partial charge on any atom is 0.244 e. The first kappa shape index (κ1) is 21.1. The van der Waals surface area contributed by atoms with E-state index in [0.717, 1.165) is 21.3 Å². The fourth-order valence-corrected chi connectivity index (χ4v) is 5.40. The van der Waals surface area contributed by atoms with Crippen LogP contribution in [0.3, 0.4) is 0 Å². The van der Waals surface area contributed by atoms with Gasteiger partial charge in [-0.15, -0.1) is 0 Å². The average Bonchev–Trinajstić information content (AvgIpc) is 3.15. The summed E-state index contributed by atoms with van der Waals surface area (Å²) in [6, 6.07) is 17.8. The summed E-state index contributed by atoms with van der Waals surface area (Å²) in [5.74, 6) is -1.18. The van der Waals surface area contributed by atoms with Crippen LogP contribution in [-0.4, -0.2) is 30.0 Å². The summed E-state index contributed by atoms with van der Waals surface area (Å²) >= 11 is 1.36. The van der Waals surface area contributed by atoms with Crippen molar-refractivity contribution < 1.29 is 13.2 Å². The molecular weight excluding hydrogens is 430 g/mol. The Kier molecular flexibility index (Phi) is 5.84. The topological polar surface area (TPSA) is 80.2 Å². The van der Waals surface area contributed by atoms with Crippen molar-refractivity contribution in [3.8, 4) is 0 Å². The van der Waals surface area contributed by atoms with E-state index in [1.165, 1.54) is 28.4 Å². The van der Waals surface area contributed by atoms with Crippen LogP contribution in [0.1, 0.15) is 16.8 Å². The van der Waals surface area contributed by atoms with Crippen molar-refractivity contribution in [2.45, 2.75) is 25.3 Å². The van der Waals surface area contributed by atoms with E-state index in [1.54, 1.807) is 30.5 Å². The van der Waals surface area contributed by atoms with Gasteiger partial charge in [-0.25, -0.2) is 13.4 Å². The summed E-state index contributed by atoms with van der Waals surface area (Å²) in [4.78, 5) is 23.7. The van der Waals surface area contributed by atoms with E-state index in [2.05, 4.69) is 9.97 Å². The number of anilines is 1. The Balaban J connectivity index is 1.69. The lowest BCUT2D eigenvalue weighted by Crippen LogP contribution is -2.35. The fourth-order valence-electron chi connectivity index (χ4n) is 3.12. The zero-order valence-corrected chi connectivity index (χ0v) is 18.8. The van der Waals surface area contributed by atoms with E-state index in [-0.39, 0.29) is 11.4 Å². The first-order valence-electron chi connectivity index (χ1n) is 9.69. The smallest absolute Gasteiger partial charge is 0.244 e. The third-order valence-corrected chi connectivity index (χ3v) is 7.46. The molecule has 0 unspecified atom stereocenters. The van der Waals surface area contributed by atoms with Gasteiger partial charge < -0.3 is 0 Å². The number of benzene rings is 2. The van der Waals surface area contributed by atoms with E-state index >= 15 is 0 Å². The van der Waals surface area contributed by atoms with E-state index in [9.17, 15) is 13.2 Å². The Labute approximate surface area is 185 Å². The second kappa shape index (κ2) is 8.56. The van der Waals surface area contributed by atoms with Crippen LogP contribution in [0.15, 0.2) is 71.8 Å². The summed E-state index contributed by atoms with van der Waals surface area (Å²) in [5.41, 5.74) is 3.46. The molecule has 1 amide bonds. The van der Waals surface area contributed by atoms with Crippen molar-refractivity contribution in [1.82, 2.24) is 9.97 Å². The van der Waals surface area contributed by atoms with Gasteiger partial charge in [0.2, 0.25) is 5.91 Å². The molecule has 2 heterocycles. The van der Waals surface area contributed by atoms with Gasteiger partial charge in [-0.2, -0.15) is 0 Å². The Morgan fingerprint density at radius 2 is 1.74 bits per heavy atom. The third kappa shape index (κ3) is 4.81. The quantitative estimate of drug-likeness (QED) is 0.436. The second-order valence-electron chi connectivity index (χ2n) is 7.34. The van der Waals surface area contributed by atoms with Crippen molar-refractivity contribution in [2.75, 3.05) is 10.7 Å². The normalized spacial score (nSPS) is 11.5. The second-order valence-corrected chi connectivity index (χ2v) is 10.3. The van der Waals surface area contributed by atoms with Crippen molar-refractivity contribution in [2.24, 2.45) is 0 Å². The molecule has 0 spiro atoms. The van der Waals surface area contributed by atoms with Gasteiger partial charge in [0.15, 0.2) is 15.0 Å². The Bertz CT molecular complexity index is 1330. The van der Waals surface area contributed by atoms with Gasteiger partial charge in [0.05, 0.1) is 27.4 Å². The number of hydrogen-bond donors (Lipinski definition) is 0. The highest BCUT2D eigenvalue weighted by atomic mass is 32.2. The number of carbonyl (C=O) groups is 1. The molecule has 0 aliphatic heterocycles. The first-order chi connectivity index (χ1) is 14.8. The number of fused-ring (bicyclic) bond motifs is 1. The molecule has 6 nitrogen and oxygen atoms in total. The predicted molar refractivity (Wildman–Crippen MR) is 123 cm³/mol.